The zero-order valence-electron chi connectivity index (χ0n) is 10.7. The van der Waals surface area contributed by atoms with Crippen molar-refractivity contribution in [1.29, 1.82) is 0 Å². The van der Waals surface area contributed by atoms with Gasteiger partial charge in [0.25, 0.3) is 0 Å². The third-order valence-electron chi connectivity index (χ3n) is 4.21. The van der Waals surface area contributed by atoms with Crippen LogP contribution >= 0.6 is 0 Å². The van der Waals surface area contributed by atoms with E-state index in [2.05, 4.69) is 9.97 Å². The highest BCUT2D eigenvalue weighted by Crippen LogP contribution is 2.41. The molecule has 2 aliphatic rings. The van der Waals surface area contributed by atoms with Crippen LogP contribution in [0, 0.1) is 12.8 Å². The van der Waals surface area contributed by atoms with Crippen molar-refractivity contribution in [2.45, 2.75) is 43.1 Å². The van der Waals surface area contributed by atoms with Gasteiger partial charge in [0.05, 0.1) is 22.4 Å². The number of ketones is 1. The molecule has 2 fully saturated rings. The van der Waals surface area contributed by atoms with Crippen LogP contribution in [0.25, 0.3) is 0 Å². The maximum Gasteiger partial charge on any atom is 0.185 e. The molecule has 1 aromatic heterocycles. The monoisotopic (exact) mass is 280 g/mol. The fraction of sp³-hybridized carbons (Fsp3) is 0.615. The molecule has 2 aliphatic heterocycles. The summed E-state index contributed by atoms with van der Waals surface area (Å²) in [4.78, 5) is 20.6. The summed E-state index contributed by atoms with van der Waals surface area (Å²) in [5.74, 6) is -0.264. The van der Waals surface area contributed by atoms with Gasteiger partial charge in [0.1, 0.15) is 5.69 Å². The second-order valence-corrected chi connectivity index (χ2v) is 8.00. The van der Waals surface area contributed by atoms with Gasteiger partial charge in [0, 0.05) is 12.1 Å². The quantitative estimate of drug-likeness (QED) is 0.764. The van der Waals surface area contributed by atoms with Gasteiger partial charge in [0.15, 0.2) is 15.6 Å². The number of carbonyl (C=O) groups excluding carboxylic acids is 1. The van der Waals surface area contributed by atoms with E-state index >= 15 is 0 Å². The number of aromatic nitrogens is 2. The molecule has 2 bridgehead atoms. The van der Waals surface area contributed by atoms with Crippen molar-refractivity contribution in [2.24, 2.45) is 5.92 Å². The zero-order chi connectivity index (χ0) is 13.6. The highest BCUT2D eigenvalue weighted by Gasteiger charge is 2.48. The number of rotatable bonds is 2. The third kappa shape index (κ3) is 2.08. The Kier molecular flexibility index (Phi) is 2.92. The highest BCUT2D eigenvalue weighted by atomic mass is 32.2. The van der Waals surface area contributed by atoms with Crippen LogP contribution in [0.15, 0.2) is 12.4 Å². The number of carbonyl (C=O) groups is 1. The zero-order valence-corrected chi connectivity index (χ0v) is 11.6. The molecule has 0 radical (unpaired) electrons. The van der Waals surface area contributed by atoms with Crippen molar-refractivity contribution in [1.82, 2.24) is 9.97 Å². The van der Waals surface area contributed by atoms with Crippen molar-refractivity contribution < 1.29 is 13.2 Å². The van der Waals surface area contributed by atoms with Gasteiger partial charge in [-0.25, -0.2) is 13.4 Å². The summed E-state index contributed by atoms with van der Waals surface area (Å²) in [7, 11) is -2.97. The van der Waals surface area contributed by atoms with E-state index in [0.29, 0.717) is 37.1 Å². The Labute approximate surface area is 112 Å². The standard InChI is InChI=1S/C13H16N2O3S/c1-8-6-14-7-12(15-8)13(16)9-4-10-2-3-11(5-9)19(10,17)18/h6-7,9-11H,2-5H2,1H3. The van der Waals surface area contributed by atoms with Crippen molar-refractivity contribution in [3.8, 4) is 0 Å². The second-order valence-electron chi connectivity index (χ2n) is 5.49. The second kappa shape index (κ2) is 4.37. The number of aryl methyl sites for hydroxylation is 1. The average Bonchev–Trinajstić information content (AvgIpc) is 2.58. The van der Waals surface area contributed by atoms with E-state index in [0.717, 1.165) is 0 Å². The molecule has 1 aromatic rings. The van der Waals surface area contributed by atoms with E-state index in [-0.39, 0.29) is 22.2 Å². The maximum atomic E-state index is 12.4. The first-order chi connectivity index (χ1) is 8.98. The smallest absolute Gasteiger partial charge is 0.185 e. The Bertz CT molecular complexity index is 607. The van der Waals surface area contributed by atoms with Crippen LogP contribution in [0.4, 0.5) is 0 Å². The van der Waals surface area contributed by atoms with Crippen molar-refractivity contribution in [2.75, 3.05) is 0 Å². The number of hydrogen-bond donors (Lipinski definition) is 0. The van der Waals surface area contributed by atoms with Crippen LogP contribution < -0.4 is 0 Å². The molecule has 0 saturated carbocycles. The molecule has 19 heavy (non-hydrogen) atoms. The van der Waals surface area contributed by atoms with E-state index in [1.165, 1.54) is 6.20 Å². The Hall–Kier alpha value is -1.30. The fourth-order valence-corrected chi connectivity index (χ4v) is 5.69. The van der Waals surface area contributed by atoms with Gasteiger partial charge in [-0.05, 0) is 32.6 Å². The van der Waals surface area contributed by atoms with E-state index < -0.39 is 9.84 Å². The van der Waals surface area contributed by atoms with Gasteiger partial charge >= 0.3 is 0 Å². The molecule has 3 heterocycles. The van der Waals surface area contributed by atoms with Gasteiger partial charge in [-0.1, -0.05) is 0 Å². The number of sulfone groups is 1. The molecule has 0 spiro atoms. The van der Waals surface area contributed by atoms with Crippen LogP contribution in [0.2, 0.25) is 0 Å². The van der Waals surface area contributed by atoms with Gasteiger partial charge in [-0.3, -0.25) is 9.78 Å². The van der Waals surface area contributed by atoms with Crippen molar-refractivity contribution in [3.05, 3.63) is 23.8 Å². The SMILES string of the molecule is Cc1cncc(C(=O)C2CC3CCC(C2)S3(=O)=O)n1. The average molecular weight is 280 g/mol. The molecule has 5 nitrogen and oxygen atoms in total. The van der Waals surface area contributed by atoms with Crippen LogP contribution in [-0.2, 0) is 9.84 Å². The van der Waals surface area contributed by atoms with Crippen molar-refractivity contribution in [3.63, 3.8) is 0 Å². The normalized spacial score (nSPS) is 32.2. The Morgan fingerprint density at radius 3 is 2.42 bits per heavy atom. The summed E-state index contributed by atoms with van der Waals surface area (Å²) in [6.07, 6.45) is 5.39. The molecule has 6 heteroatoms. The van der Waals surface area contributed by atoms with E-state index in [9.17, 15) is 13.2 Å². The minimum absolute atomic E-state index is 0.0528. The summed E-state index contributed by atoms with van der Waals surface area (Å²) < 4.78 is 24.0. The number of fused-ring (bicyclic) bond motifs is 2. The third-order valence-corrected chi connectivity index (χ3v) is 6.93. The summed E-state index contributed by atoms with van der Waals surface area (Å²) >= 11 is 0. The lowest BCUT2D eigenvalue weighted by atomic mass is 9.93. The van der Waals surface area contributed by atoms with Gasteiger partial charge < -0.3 is 0 Å². The first kappa shape index (κ1) is 12.7. The predicted molar refractivity (Wildman–Crippen MR) is 69.6 cm³/mol. The lowest BCUT2D eigenvalue weighted by Gasteiger charge is -2.26. The number of Topliss-reactive ketones (excluding diaryl/α,β-unsaturated/α-hetero) is 1. The number of hydrogen-bond acceptors (Lipinski definition) is 5. The molecule has 0 aliphatic carbocycles. The number of nitrogens with zero attached hydrogens (tertiary/aromatic N) is 2. The Balaban J connectivity index is 1.84. The van der Waals surface area contributed by atoms with E-state index in [1.807, 2.05) is 0 Å². The summed E-state index contributed by atoms with van der Waals surface area (Å²) in [6, 6.07) is 0. The predicted octanol–water partition coefficient (Wildman–Crippen LogP) is 1.32. The van der Waals surface area contributed by atoms with Crippen LogP contribution in [0.1, 0.15) is 41.9 Å². The lowest BCUT2D eigenvalue weighted by Crippen LogP contribution is -2.36. The molecule has 0 N–H and O–H groups in total. The lowest BCUT2D eigenvalue weighted by molar-refractivity contribution is 0.0899. The summed E-state index contributed by atoms with van der Waals surface area (Å²) in [6.45, 7) is 1.79. The molecule has 2 saturated heterocycles. The Morgan fingerprint density at radius 2 is 1.84 bits per heavy atom. The molecule has 0 aromatic carbocycles. The largest absolute Gasteiger partial charge is 0.292 e. The van der Waals surface area contributed by atoms with Crippen molar-refractivity contribution >= 4 is 15.6 Å². The molecule has 3 rings (SSSR count). The Morgan fingerprint density at radius 1 is 1.21 bits per heavy atom. The summed E-state index contributed by atoms with van der Waals surface area (Å²) in [5, 5.41) is -0.643. The molecular weight excluding hydrogens is 264 g/mol. The molecule has 2 unspecified atom stereocenters. The first-order valence-corrected chi connectivity index (χ1v) is 8.15. The molecule has 102 valence electrons. The van der Waals surface area contributed by atoms with Crippen LogP contribution in [0.3, 0.4) is 0 Å². The summed E-state index contributed by atoms with van der Waals surface area (Å²) in [5.41, 5.74) is 1.07. The molecule has 0 amide bonds. The highest BCUT2D eigenvalue weighted by molar-refractivity contribution is 7.93. The minimum atomic E-state index is -2.97. The maximum absolute atomic E-state index is 12.4. The first-order valence-electron chi connectivity index (χ1n) is 6.54. The van der Waals surface area contributed by atoms with Gasteiger partial charge in [-0.15, -0.1) is 0 Å². The van der Waals surface area contributed by atoms with E-state index in [1.54, 1.807) is 13.1 Å². The topological polar surface area (TPSA) is 77.0 Å². The molecule has 2 atom stereocenters. The van der Waals surface area contributed by atoms with Gasteiger partial charge in [0.2, 0.25) is 0 Å². The molecular formula is C13H16N2O3S. The van der Waals surface area contributed by atoms with Crippen LogP contribution in [-0.4, -0.2) is 34.7 Å². The van der Waals surface area contributed by atoms with E-state index in [4.69, 9.17) is 0 Å². The minimum Gasteiger partial charge on any atom is -0.292 e. The van der Waals surface area contributed by atoms with Crippen LogP contribution in [0.5, 0.6) is 0 Å². The van der Waals surface area contributed by atoms with Gasteiger partial charge in [-0.2, -0.15) is 0 Å². The fourth-order valence-electron chi connectivity index (χ4n) is 3.21.